The lowest BCUT2D eigenvalue weighted by Crippen LogP contribution is -2.33. The Kier molecular flexibility index (Phi) is 4.24. The maximum atomic E-state index is 13.3. The highest BCUT2D eigenvalue weighted by Gasteiger charge is 2.14. The Balaban J connectivity index is 2.72. The third kappa shape index (κ3) is 3.02. The smallest absolute Gasteiger partial charge is 0.256 e. The van der Waals surface area contributed by atoms with Crippen molar-refractivity contribution in [3.8, 4) is 0 Å². The molecule has 1 N–H and O–H groups in total. The van der Waals surface area contributed by atoms with Crippen LogP contribution in [0.3, 0.4) is 0 Å². The highest BCUT2D eigenvalue weighted by Crippen LogP contribution is 2.08. The standard InChI is InChI=1S/C11H15FN2O/c1-13-7-8-14(2)11(15)9-5-3-4-6-10(9)12/h3-6,13H,7-8H2,1-2H3. The molecule has 0 bridgehead atoms. The van der Waals surface area contributed by atoms with Gasteiger partial charge in [-0.1, -0.05) is 12.1 Å². The van der Waals surface area contributed by atoms with Gasteiger partial charge >= 0.3 is 0 Å². The number of carbonyl (C=O) groups is 1. The number of hydrogen-bond acceptors (Lipinski definition) is 2. The summed E-state index contributed by atoms with van der Waals surface area (Å²) in [6.07, 6.45) is 0. The van der Waals surface area contributed by atoms with Gasteiger partial charge in [-0.2, -0.15) is 0 Å². The van der Waals surface area contributed by atoms with Gasteiger partial charge < -0.3 is 10.2 Å². The van der Waals surface area contributed by atoms with Crippen LogP contribution < -0.4 is 5.32 Å². The largest absolute Gasteiger partial charge is 0.340 e. The third-order valence-corrected chi connectivity index (χ3v) is 2.15. The van der Waals surface area contributed by atoms with E-state index in [1.165, 1.54) is 17.0 Å². The molecule has 0 saturated carbocycles. The molecule has 0 spiro atoms. The second kappa shape index (κ2) is 5.46. The minimum atomic E-state index is -0.473. The predicted molar refractivity (Wildman–Crippen MR) is 57.3 cm³/mol. The van der Waals surface area contributed by atoms with Gasteiger partial charge in [-0.15, -0.1) is 0 Å². The van der Waals surface area contributed by atoms with Gasteiger partial charge in [-0.05, 0) is 19.2 Å². The van der Waals surface area contributed by atoms with Crippen molar-refractivity contribution in [1.29, 1.82) is 0 Å². The van der Waals surface area contributed by atoms with Crippen molar-refractivity contribution in [2.75, 3.05) is 27.2 Å². The summed E-state index contributed by atoms with van der Waals surface area (Å²) >= 11 is 0. The molecule has 0 radical (unpaired) electrons. The van der Waals surface area contributed by atoms with Crippen molar-refractivity contribution >= 4 is 5.91 Å². The number of carbonyl (C=O) groups excluding carboxylic acids is 1. The minimum absolute atomic E-state index is 0.121. The first-order valence-electron chi connectivity index (χ1n) is 4.81. The number of hydrogen-bond donors (Lipinski definition) is 1. The number of nitrogens with one attached hydrogen (secondary N) is 1. The molecular weight excluding hydrogens is 195 g/mol. The van der Waals surface area contributed by atoms with Crippen LogP contribution in [0.15, 0.2) is 24.3 Å². The van der Waals surface area contributed by atoms with Crippen LogP contribution in [-0.4, -0.2) is 38.0 Å². The fourth-order valence-electron chi connectivity index (χ4n) is 1.22. The zero-order valence-corrected chi connectivity index (χ0v) is 8.96. The van der Waals surface area contributed by atoms with Gasteiger partial charge in [0.25, 0.3) is 5.91 Å². The molecule has 0 saturated heterocycles. The molecule has 0 aromatic heterocycles. The summed E-state index contributed by atoms with van der Waals surface area (Å²) in [5, 5.41) is 2.93. The molecule has 4 heteroatoms. The van der Waals surface area contributed by atoms with Crippen molar-refractivity contribution in [1.82, 2.24) is 10.2 Å². The predicted octanol–water partition coefficient (Wildman–Crippen LogP) is 1.12. The maximum Gasteiger partial charge on any atom is 0.256 e. The summed E-state index contributed by atoms with van der Waals surface area (Å²) in [7, 11) is 3.47. The lowest BCUT2D eigenvalue weighted by Gasteiger charge is -2.17. The number of likely N-dealkylation sites (N-methyl/N-ethyl adjacent to an activating group) is 2. The van der Waals surface area contributed by atoms with Crippen molar-refractivity contribution in [2.45, 2.75) is 0 Å². The summed E-state index contributed by atoms with van der Waals surface area (Å²) in [6, 6.07) is 6.01. The zero-order chi connectivity index (χ0) is 11.3. The summed E-state index contributed by atoms with van der Waals surface area (Å²) in [5.74, 6) is -0.762. The van der Waals surface area contributed by atoms with Crippen LogP contribution in [0.1, 0.15) is 10.4 Å². The zero-order valence-electron chi connectivity index (χ0n) is 8.96. The summed E-state index contributed by atoms with van der Waals surface area (Å²) in [6.45, 7) is 1.25. The van der Waals surface area contributed by atoms with Gasteiger partial charge in [0.05, 0.1) is 5.56 Å². The van der Waals surface area contributed by atoms with E-state index in [9.17, 15) is 9.18 Å². The van der Waals surface area contributed by atoms with E-state index in [0.717, 1.165) is 0 Å². The van der Waals surface area contributed by atoms with E-state index in [4.69, 9.17) is 0 Å². The maximum absolute atomic E-state index is 13.3. The van der Waals surface area contributed by atoms with E-state index in [1.807, 2.05) is 0 Å². The van der Waals surface area contributed by atoms with Gasteiger partial charge in [0.2, 0.25) is 0 Å². The molecule has 1 aromatic rings. The average molecular weight is 210 g/mol. The van der Waals surface area contributed by atoms with Gasteiger partial charge in [0, 0.05) is 20.1 Å². The van der Waals surface area contributed by atoms with E-state index in [2.05, 4.69) is 5.32 Å². The SMILES string of the molecule is CNCCN(C)C(=O)c1ccccc1F. The first-order valence-corrected chi connectivity index (χ1v) is 4.81. The molecule has 0 unspecified atom stereocenters. The van der Waals surface area contributed by atoms with Crippen LogP contribution in [0.4, 0.5) is 4.39 Å². The monoisotopic (exact) mass is 210 g/mol. The van der Waals surface area contributed by atoms with Crippen LogP contribution in [0.25, 0.3) is 0 Å². The van der Waals surface area contributed by atoms with E-state index in [-0.39, 0.29) is 11.5 Å². The highest BCUT2D eigenvalue weighted by molar-refractivity contribution is 5.94. The fourth-order valence-corrected chi connectivity index (χ4v) is 1.22. The third-order valence-electron chi connectivity index (χ3n) is 2.15. The Morgan fingerprint density at radius 1 is 1.47 bits per heavy atom. The Labute approximate surface area is 88.9 Å². The molecule has 0 aliphatic rings. The number of nitrogens with zero attached hydrogens (tertiary/aromatic N) is 1. The molecule has 3 nitrogen and oxygen atoms in total. The molecule has 1 rings (SSSR count). The Morgan fingerprint density at radius 3 is 2.73 bits per heavy atom. The van der Waals surface area contributed by atoms with Crippen LogP contribution in [0, 0.1) is 5.82 Å². The Hall–Kier alpha value is -1.42. The molecule has 0 fully saturated rings. The Morgan fingerprint density at radius 2 is 2.13 bits per heavy atom. The molecule has 1 aromatic carbocycles. The van der Waals surface area contributed by atoms with Crippen molar-refractivity contribution in [3.63, 3.8) is 0 Å². The molecule has 0 aliphatic heterocycles. The molecule has 0 atom stereocenters. The molecule has 82 valence electrons. The molecule has 1 amide bonds. The number of halogens is 1. The van der Waals surface area contributed by atoms with Gasteiger partial charge in [0.15, 0.2) is 0 Å². The number of rotatable bonds is 4. The van der Waals surface area contributed by atoms with Gasteiger partial charge in [0.1, 0.15) is 5.82 Å². The fraction of sp³-hybridized carbons (Fsp3) is 0.364. The second-order valence-electron chi connectivity index (χ2n) is 3.31. The lowest BCUT2D eigenvalue weighted by atomic mass is 10.2. The first-order chi connectivity index (χ1) is 7.16. The van der Waals surface area contributed by atoms with Crippen molar-refractivity contribution < 1.29 is 9.18 Å². The molecular formula is C11H15FN2O. The van der Waals surface area contributed by atoms with E-state index in [0.29, 0.717) is 13.1 Å². The van der Waals surface area contributed by atoms with Crippen LogP contribution in [-0.2, 0) is 0 Å². The molecule has 0 aliphatic carbocycles. The topological polar surface area (TPSA) is 32.3 Å². The van der Waals surface area contributed by atoms with Crippen molar-refractivity contribution in [3.05, 3.63) is 35.6 Å². The summed E-state index contributed by atoms with van der Waals surface area (Å²) in [5.41, 5.74) is 0.121. The summed E-state index contributed by atoms with van der Waals surface area (Å²) in [4.78, 5) is 13.2. The summed E-state index contributed by atoms with van der Waals surface area (Å²) < 4.78 is 13.3. The highest BCUT2D eigenvalue weighted by atomic mass is 19.1. The van der Waals surface area contributed by atoms with E-state index in [1.54, 1.807) is 26.2 Å². The normalized spacial score (nSPS) is 10.1. The number of benzene rings is 1. The van der Waals surface area contributed by atoms with Crippen LogP contribution >= 0.6 is 0 Å². The van der Waals surface area contributed by atoms with Crippen LogP contribution in [0.2, 0.25) is 0 Å². The lowest BCUT2D eigenvalue weighted by molar-refractivity contribution is 0.0792. The molecule has 15 heavy (non-hydrogen) atoms. The molecule has 0 heterocycles. The Bertz CT molecular complexity index is 341. The quantitative estimate of drug-likeness (QED) is 0.807. The minimum Gasteiger partial charge on any atom is -0.340 e. The van der Waals surface area contributed by atoms with Gasteiger partial charge in [-0.3, -0.25) is 4.79 Å². The first kappa shape index (κ1) is 11.7. The van der Waals surface area contributed by atoms with Gasteiger partial charge in [-0.25, -0.2) is 4.39 Å². The van der Waals surface area contributed by atoms with Crippen molar-refractivity contribution in [2.24, 2.45) is 0 Å². The number of amides is 1. The van der Waals surface area contributed by atoms with E-state index < -0.39 is 5.82 Å². The average Bonchev–Trinajstić information content (AvgIpc) is 2.25. The van der Waals surface area contributed by atoms with E-state index >= 15 is 0 Å². The second-order valence-corrected chi connectivity index (χ2v) is 3.31. The van der Waals surface area contributed by atoms with Crippen LogP contribution in [0.5, 0.6) is 0 Å².